The third-order valence-corrected chi connectivity index (χ3v) is 4.86. The van der Waals surface area contributed by atoms with Crippen LogP contribution in [0, 0.1) is 0 Å². The Morgan fingerprint density at radius 3 is 2.69 bits per heavy atom. The van der Waals surface area contributed by atoms with E-state index in [0.717, 1.165) is 18.9 Å². The van der Waals surface area contributed by atoms with Crippen molar-refractivity contribution in [3.8, 4) is 11.3 Å². The van der Waals surface area contributed by atoms with Gasteiger partial charge >= 0.3 is 6.18 Å². The van der Waals surface area contributed by atoms with Crippen molar-refractivity contribution in [2.75, 3.05) is 13.2 Å². The minimum Gasteiger partial charge on any atom is -0.376 e. The fourth-order valence-electron chi connectivity index (χ4n) is 3.16. The predicted octanol–water partition coefficient (Wildman–Crippen LogP) is 3.98. The van der Waals surface area contributed by atoms with Crippen LogP contribution in [0.2, 0.25) is 5.02 Å². The lowest BCUT2D eigenvalue weighted by Crippen LogP contribution is -2.32. The van der Waals surface area contributed by atoms with Crippen molar-refractivity contribution in [3.05, 3.63) is 52.8 Å². The minimum atomic E-state index is -4.68. The molecule has 2 aromatic heterocycles. The first-order chi connectivity index (χ1) is 13.8. The number of rotatable bonds is 4. The monoisotopic (exact) mass is 424 g/mol. The summed E-state index contributed by atoms with van der Waals surface area (Å²) in [5.74, 6) is -0.577. The summed E-state index contributed by atoms with van der Waals surface area (Å²) in [6, 6.07) is 8.42. The number of amides is 1. The van der Waals surface area contributed by atoms with Crippen LogP contribution >= 0.6 is 11.6 Å². The zero-order valence-corrected chi connectivity index (χ0v) is 15.8. The lowest BCUT2D eigenvalue weighted by molar-refractivity contribution is -0.142. The molecule has 0 radical (unpaired) electrons. The number of aromatic nitrogens is 3. The molecule has 29 heavy (non-hydrogen) atoms. The Labute approximate surface area is 168 Å². The van der Waals surface area contributed by atoms with Crippen molar-refractivity contribution < 1.29 is 22.7 Å². The van der Waals surface area contributed by atoms with Gasteiger partial charge in [-0.15, -0.1) is 0 Å². The number of ether oxygens (including phenoxy) is 1. The van der Waals surface area contributed by atoms with Gasteiger partial charge in [-0.1, -0.05) is 23.7 Å². The molecule has 1 aliphatic rings. The Morgan fingerprint density at radius 2 is 2.03 bits per heavy atom. The van der Waals surface area contributed by atoms with Gasteiger partial charge in [0.25, 0.3) is 5.91 Å². The number of carbonyl (C=O) groups excluding carboxylic acids is 1. The highest BCUT2D eigenvalue weighted by atomic mass is 35.5. The van der Waals surface area contributed by atoms with Crippen molar-refractivity contribution in [3.63, 3.8) is 0 Å². The van der Waals surface area contributed by atoms with Gasteiger partial charge in [-0.05, 0) is 31.0 Å². The summed E-state index contributed by atoms with van der Waals surface area (Å²) in [5.41, 5.74) is -0.674. The maximum Gasteiger partial charge on any atom is 0.433 e. The Hall–Kier alpha value is -2.65. The van der Waals surface area contributed by atoms with Gasteiger partial charge in [0.1, 0.15) is 0 Å². The molecule has 4 rings (SSSR count). The molecule has 0 bridgehead atoms. The topological polar surface area (TPSA) is 68.5 Å². The molecular weight excluding hydrogens is 409 g/mol. The summed E-state index contributed by atoms with van der Waals surface area (Å²) in [6.07, 6.45) is -3.02. The average Bonchev–Trinajstić information content (AvgIpc) is 3.34. The van der Waals surface area contributed by atoms with Gasteiger partial charge in [-0.3, -0.25) is 4.79 Å². The first kappa shape index (κ1) is 19.7. The van der Waals surface area contributed by atoms with E-state index in [1.807, 2.05) is 0 Å². The van der Waals surface area contributed by atoms with Crippen molar-refractivity contribution in [1.82, 2.24) is 19.9 Å². The molecule has 6 nitrogen and oxygen atoms in total. The normalized spacial score (nSPS) is 17.0. The average molecular weight is 425 g/mol. The van der Waals surface area contributed by atoms with Gasteiger partial charge in [0, 0.05) is 29.8 Å². The molecule has 1 fully saturated rings. The summed E-state index contributed by atoms with van der Waals surface area (Å²) in [4.78, 5) is 16.6. The van der Waals surface area contributed by atoms with Gasteiger partial charge < -0.3 is 10.1 Å². The molecule has 0 spiro atoms. The molecular formula is C19H16ClF3N4O2. The SMILES string of the molecule is O=C(NC[C@@H]1CCCO1)c1cc2nc(-c3ccc(Cl)cc3)cc(C(F)(F)F)n2n1. The fraction of sp³-hybridized carbons (Fsp3) is 0.316. The summed E-state index contributed by atoms with van der Waals surface area (Å²) < 4.78 is 46.9. The van der Waals surface area contributed by atoms with Crippen LogP contribution in [-0.2, 0) is 10.9 Å². The van der Waals surface area contributed by atoms with Crippen molar-refractivity contribution in [2.45, 2.75) is 25.1 Å². The third kappa shape index (κ3) is 4.20. The lowest BCUT2D eigenvalue weighted by Gasteiger charge is -2.11. The molecule has 3 heterocycles. The van der Waals surface area contributed by atoms with Gasteiger partial charge in [0.05, 0.1) is 11.8 Å². The van der Waals surface area contributed by atoms with Gasteiger partial charge in [-0.2, -0.15) is 18.3 Å². The van der Waals surface area contributed by atoms with E-state index in [9.17, 15) is 18.0 Å². The van der Waals surface area contributed by atoms with Crippen LogP contribution in [-0.4, -0.2) is 39.8 Å². The molecule has 0 aliphatic carbocycles. The highest BCUT2D eigenvalue weighted by Crippen LogP contribution is 2.32. The molecule has 1 atom stereocenters. The highest BCUT2D eigenvalue weighted by molar-refractivity contribution is 6.30. The summed E-state index contributed by atoms with van der Waals surface area (Å²) in [7, 11) is 0. The maximum atomic E-state index is 13.6. The van der Waals surface area contributed by atoms with Crippen LogP contribution in [0.1, 0.15) is 29.0 Å². The van der Waals surface area contributed by atoms with Crippen molar-refractivity contribution in [1.29, 1.82) is 0 Å². The zero-order chi connectivity index (χ0) is 20.6. The fourth-order valence-corrected chi connectivity index (χ4v) is 3.28. The molecule has 1 N–H and O–H groups in total. The second-order valence-electron chi connectivity index (χ2n) is 6.68. The first-order valence-electron chi connectivity index (χ1n) is 8.95. The number of nitrogens with zero attached hydrogens (tertiary/aromatic N) is 3. The van der Waals surface area contributed by atoms with Crippen LogP contribution in [0.5, 0.6) is 0 Å². The molecule has 1 amide bonds. The summed E-state index contributed by atoms with van der Waals surface area (Å²) in [5, 5.41) is 6.94. The Bertz CT molecular complexity index is 1040. The number of hydrogen-bond acceptors (Lipinski definition) is 4. The van der Waals surface area contributed by atoms with E-state index in [0.29, 0.717) is 21.7 Å². The van der Waals surface area contributed by atoms with E-state index in [1.165, 1.54) is 6.07 Å². The smallest absolute Gasteiger partial charge is 0.376 e. The van der Waals surface area contributed by atoms with E-state index in [-0.39, 0.29) is 29.7 Å². The van der Waals surface area contributed by atoms with Crippen molar-refractivity contribution in [2.24, 2.45) is 0 Å². The zero-order valence-electron chi connectivity index (χ0n) is 15.0. The number of halogens is 4. The van der Waals surface area contributed by atoms with E-state index >= 15 is 0 Å². The lowest BCUT2D eigenvalue weighted by atomic mass is 10.1. The number of hydrogen-bond donors (Lipinski definition) is 1. The molecule has 3 aromatic rings. The number of carbonyl (C=O) groups is 1. The van der Waals surface area contributed by atoms with Gasteiger partial charge in [0.2, 0.25) is 0 Å². The Kier molecular flexibility index (Phi) is 5.18. The maximum absolute atomic E-state index is 13.6. The van der Waals surface area contributed by atoms with Crippen LogP contribution in [0.25, 0.3) is 16.9 Å². The van der Waals surface area contributed by atoms with E-state index in [2.05, 4.69) is 15.4 Å². The molecule has 10 heteroatoms. The molecule has 1 saturated heterocycles. The van der Waals surface area contributed by atoms with E-state index < -0.39 is 17.8 Å². The van der Waals surface area contributed by atoms with Crippen molar-refractivity contribution >= 4 is 23.2 Å². The quantitative estimate of drug-likeness (QED) is 0.688. The van der Waals surface area contributed by atoms with E-state index in [4.69, 9.17) is 16.3 Å². The Balaban J connectivity index is 1.70. The third-order valence-electron chi connectivity index (χ3n) is 4.60. The Morgan fingerprint density at radius 1 is 1.28 bits per heavy atom. The number of fused-ring (bicyclic) bond motifs is 1. The van der Waals surface area contributed by atoms with Crippen LogP contribution < -0.4 is 5.32 Å². The van der Waals surface area contributed by atoms with Gasteiger partial charge in [0.15, 0.2) is 17.0 Å². The molecule has 0 saturated carbocycles. The first-order valence-corrected chi connectivity index (χ1v) is 9.33. The van der Waals surface area contributed by atoms with Crippen LogP contribution in [0.15, 0.2) is 36.4 Å². The minimum absolute atomic E-state index is 0.0768. The number of nitrogens with one attached hydrogen (secondary N) is 1. The molecule has 1 aliphatic heterocycles. The summed E-state index contributed by atoms with van der Waals surface area (Å²) in [6.45, 7) is 0.920. The second-order valence-corrected chi connectivity index (χ2v) is 7.11. The number of alkyl halides is 3. The van der Waals surface area contributed by atoms with E-state index in [1.54, 1.807) is 24.3 Å². The highest BCUT2D eigenvalue weighted by Gasteiger charge is 2.35. The van der Waals surface area contributed by atoms with Crippen LogP contribution in [0.4, 0.5) is 13.2 Å². The predicted molar refractivity (Wildman–Crippen MR) is 99.7 cm³/mol. The standard InChI is InChI=1S/C19H16ClF3N4O2/c20-12-5-3-11(4-6-12)14-8-16(19(21,22)23)27-17(25-14)9-15(26-27)18(28)24-10-13-2-1-7-29-13/h3-6,8-9,13H,1-2,7,10H2,(H,24,28)/t13-/m0/s1. The summed E-state index contributed by atoms with van der Waals surface area (Å²) >= 11 is 5.85. The van der Waals surface area contributed by atoms with Crippen LogP contribution in [0.3, 0.4) is 0 Å². The number of benzene rings is 1. The largest absolute Gasteiger partial charge is 0.433 e. The second kappa shape index (κ2) is 7.64. The molecule has 152 valence electrons. The molecule has 1 aromatic carbocycles. The molecule has 0 unspecified atom stereocenters. The van der Waals surface area contributed by atoms with Gasteiger partial charge in [-0.25, -0.2) is 9.50 Å².